The molecule has 2 N–H and O–H groups in total. The molecule has 6 nitrogen and oxygen atoms in total. The highest BCUT2D eigenvalue weighted by Crippen LogP contribution is 2.25. The Labute approximate surface area is 152 Å². The molecule has 0 aliphatic carbocycles. The summed E-state index contributed by atoms with van der Waals surface area (Å²) in [5.41, 5.74) is 0.171. The number of hydrogen-bond donors (Lipinski definition) is 2. The highest BCUT2D eigenvalue weighted by molar-refractivity contribution is 5.96. The molecule has 1 aliphatic rings. The quantitative estimate of drug-likeness (QED) is 0.840. The number of carboxylic acid groups (broad SMARTS) is 1. The number of likely N-dealkylation sites (tertiary alicyclic amines) is 1. The Hall–Kier alpha value is -2.44. The Morgan fingerprint density at radius 3 is 2.58 bits per heavy atom. The molecule has 1 aromatic rings. The fourth-order valence-corrected chi connectivity index (χ4v) is 3.08. The summed E-state index contributed by atoms with van der Waals surface area (Å²) in [5.74, 6) is -2.75. The second-order valence-corrected chi connectivity index (χ2v) is 7.26. The van der Waals surface area contributed by atoms with Crippen LogP contribution in [0.1, 0.15) is 50.4 Å². The van der Waals surface area contributed by atoms with Gasteiger partial charge in [0.05, 0.1) is 11.6 Å². The van der Waals surface area contributed by atoms with E-state index < -0.39 is 23.6 Å². The van der Waals surface area contributed by atoms with Gasteiger partial charge in [0.2, 0.25) is 5.91 Å². The van der Waals surface area contributed by atoms with E-state index in [1.54, 1.807) is 0 Å². The smallest absolute Gasteiger partial charge is 0.308 e. The molecule has 1 saturated heterocycles. The number of carbonyl (C=O) groups is 3. The molecule has 2 unspecified atom stereocenters. The van der Waals surface area contributed by atoms with Crippen LogP contribution in [0.4, 0.5) is 10.1 Å². The number of piperidine rings is 1. The third kappa shape index (κ3) is 4.80. The van der Waals surface area contributed by atoms with E-state index in [4.69, 9.17) is 0 Å². The Morgan fingerprint density at radius 1 is 1.31 bits per heavy atom. The monoisotopic (exact) mass is 364 g/mol. The fourth-order valence-electron chi connectivity index (χ4n) is 3.08. The molecule has 0 bridgehead atoms. The van der Waals surface area contributed by atoms with E-state index in [1.165, 1.54) is 17.0 Å². The van der Waals surface area contributed by atoms with Gasteiger partial charge in [0.15, 0.2) is 0 Å². The minimum absolute atomic E-state index is 0.0299. The third-order valence-electron chi connectivity index (χ3n) is 4.58. The molecule has 26 heavy (non-hydrogen) atoms. The van der Waals surface area contributed by atoms with Crippen LogP contribution in [0.15, 0.2) is 18.2 Å². The molecule has 0 radical (unpaired) electrons. The van der Waals surface area contributed by atoms with Gasteiger partial charge < -0.3 is 15.3 Å². The summed E-state index contributed by atoms with van der Waals surface area (Å²) in [6.45, 7) is 5.75. The zero-order valence-electron chi connectivity index (χ0n) is 15.3. The lowest BCUT2D eigenvalue weighted by Crippen LogP contribution is -2.47. The minimum atomic E-state index is -0.927. The van der Waals surface area contributed by atoms with Gasteiger partial charge in [-0.15, -0.1) is 0 Å². The number of carbonyl (C=O) groups excluding carboxylic acids is 2. The summed E-state index contributed by atoms with van der Waals surface area (Å²) < 4.78 is 14.3. The Morgan fingerprint density at radius 2 is 2.00 bits per heavy atom. The fraction of sp³-hybridized carbons (Fsp3) is 0.526. The molecular weight excluding hydrogens is 339 g/mol. The topological polar surface area (TPSA) is 86.7 Å². The van der Waals surface area contributed by atoms with Crippen LogP contribution in [0.5, 0.6) is 0 Å². The maximum absolute atomic E-state index is 14.3. The molecular formula is C19H25FN2O4. The second kappa shape index (κ2) is 8.29. The first-order valence-electron chi connectivity index (χ1n) is 8.82. The van der Waals surface area contributed by atoms with Crippen LogP contribution < -0.4 is 5.32 Å². The van der Waals surface area contributed by atoms with Crippen molar-refractivity contribution in [2.75, 3.05) is 11.9 Å². The number of halogens is 1. The molecule has 2 amide bonds. The van der Waals surface area contributed by atoms with Crippen molar-refractivity contribution in [2.45, 2.75) is 46.1 Å². The Kier molecular flexibility index (Phi) is 6.34. The maximum atomic E-state index is 14.3. The number of hydrogen-bond acceptors (Lipinski definition) is 3. The van der Waals surface area contributed by atoms with Crippen LogP contribution >= 0.6 is 0 Å². The van der Waals surface area contributed by atoms with Crippen LogP contribution in [0, 0.1) is 17.7 Å². The molecule has 0 saturated carbocycles. The molecule has 7 heteroatoms. The predicted molar refractivity (Wildman–Crippen MR) is 95.3 cm³/mol. The molecule has 0 aromatic heterocycles. The maximum Gasteiger partial charge on any atom is 0.308 e. The number of anilines is 1. The number of nitrogens with zero attached hydrogens (tertiary/aromatic N) is 1. The lowest BCUT2D eigenvalue weighted by atomic mass is 9.93. The molecule has 1 aromatic carbocycles. The van der Waals surface area contributed by atoms with E-state index in [1.807, 2.05) is 20.8 Å². The van der Waals surface area contributed by atoms with E-state index >= 15 is 0 Å². The normalized spacial score (nSPS) is 20.1. The first-order valence-corrected chi connectivity index (χ1v) is 8.82. The van der Waals surface area contributed by atoms with E-state index in [0.29, 0.717) is 12.8 Å². The number of nitrogens with one attached hydrogen (secondary N) is 1. The number of carboxylic acids is 1. The van der Waals surface area contributed by atoms with Gasteiger partial charge in [-0.2, -0.15) is 0 Å². The van der Waals surface area contributed by atoms with E-state index in [0.717, 1.165) is 6.07 Å². The van der Waals surface area contributed by atoms with Crippen LogP contribution in [-0.2, 0) is 9.59 Å². The van der Waals surface area contributed by atoms with Gasteiger partial charge in [0.1, 0.15) is 5.82 Å². The molecule has 1 aliphatic heterocycles. The number of amides is 2. The highest BCUT2D eigenvalue weighted by atomic mass is 19.1. The highest BCUT2D eigenvalue weighted by Gasteiger charge is 2.33. The molecule has 0 spiro atoms. The van der Waals surface area contributed by atoms with Crippen molar-refractivity contribution >= 4 is 23.5 Å². The van der Waals surface area contributed by atoms with Gasteiger partial charge in [0.25, 0.3) is 5.91 Å². The van der Waals surface area contributed by atoms with Gasteiger partial charge in [0, 0.05) is 24.6 Å². The zero-order valence-corrected chi connectivity index (χ0v) is 15.3. The van der Waals surface area contributed by atoms with Crippen LogP contribution in [0.25, 0.3) is 0 Å². The lowest BCUT2D eigenvalue weighted by Gasteiger charge is -2.36. The summed E-state index contributed by atoms with van der Waals surface area (Å²) in [6, 6.07) is 3.80. The van der Waals surface area contributed by atoms with E-state index in [2.05, 4.69) is 5.32 Å². The minimum Gasteiger partial charge on any atom is -0.481 e. The first-order chi connectivity index (χ1) is 12.2. The van der Waals surface area contributed by atoms with Crippen molar-refractivity contribution in [2.24, 2.45) is 11.8 Å². The van der Waals surface area contributed by atoms with Crippen LogP contribution in [0.2, 0.25) is 0 Å². The standard InChI is InChI=1S/C19H25FN2O4/c1-11(2)8-17(23)21-16-7-6-13(9-15(16)20)18(24)22-10-14(19(25)26)5-4-12(22)3/h6-7,9,11-12,14H,4-5,8,10H2,1-3H3,(H,21,23)(H,25,26). The summed E-state index contributed by atoms with van der Waals surface area (Å²) in [4.78, 5) is 37.1. The van der Waals surface area contributed by atoms with E-state index in [-0.39, 0.29) is 42.1 Å². The summed E-state index contributed by atoms with van der Waals surface area (Å²) in [5, 5.41) is 11.7. The molecule has 142 valence electrons. The van der Waals surface area contributed by atoms with Crippen molar-refractivity contribution < 1.29 is 23.9 Å². The Balaban J connectivity index is 2.13. The SMILES string of the molecule is CC(C)CC(=O)Nc1ccc(C(=O)N2CC(C(=O)O)CCC2C)cc1F. The Bertz CT molecular complexity index is 705. The van der Waals surface area contributed by atoms with Gasteiger partial charge >= 0.3 is 5.97 Å². The van der Waals surface area contributed by atoms with Gasteiger partial charge in [-0.05, 0) is 43.9 Å². The molecule has 2 atom stereocenters. The summed E-state index contributed by atoms with van der Waals surface area (Å²) in [7, 11) is 0. The van der Waals surface area contributed by atoms with Crippen LogP contribution in [-0.4, -0.2) is 40.4 Å². The average Bonchev–Trinajstić information content (AvgIpc) is 2.55. The number of rotatable bonds is 5. The lowest BCUT2D eigenvalue weighted by molar-refractivity contribution is -0.143. The van der Waals surface area contributed by atoms with Gasteiger partial charge in [-0.1, -0.05) is 13.8 Å². The zero-order chi connectivity index (χ0) is 19.4. The average molecular weight is 364 g/mol. The molecule has 1 fully saturated rings. The summed E-state index contributed by atoms with van der Waals surface area (Å²) >= 11 is 0. The number of aliphatic carboxylic acids is 1. The van der Waals surface area contributed by atoms with Crippen molar-refractivity contribution in [3.63, 3.8) is 0 Å². The second-order valence-electron chi connectivity index (χ2n) is 7.26. The molecule has 2 rings (SSSR count). The van der Waals surface area contributed by atoms with Crippen molar-refractivity contribution in [3.05, 3.63) is 29.6 Å². The van der Waals surface area contributed by atoms with Crippen LogP contribution in [0.3, 0.4) is 0 Å². The van der Waals surface area contributed by atoms with Gasteiger partial charge in [-0.3, -0.25) is 14.4 Å². The summed E-state index contributed by atoms with van der Waals surface area (Å²) in [6.07, 6.45) is 1.39. The first kappa shape index (κ1) is 19.9. The van der Waals surface area contributed by atoms with Crippen molar-refractivity contribution in [1.82, 2.24) is 4.90 Å². The van der Waals surface area contributed by atoms with Gasteiger partial charge in [-0.25, -0.2) is 4.39 Å². The molecule has 1 heterocycles. The third-order valence-corrected chi connectivity index (χ3v) is 4.58. The number of benzene rings is 1. The largest absolute Gasteiger partial charge is 0.481 e. The van der Waals surface area contributed by atoms with Crippen molar-refractivity contribution in [3.8, 4) is 0 Å². The van der Waals surface area contributed by atoms with Crippen molar-refractivity contribution in [1.29, 1.82) is 0 Å². The predicted octanol–water partition coefficient (Wildman–Crippen LogP) is 3.14. The van der Waals surface area contributed by atoms with E-state index in [9.17, 15) is 23.9 Å².